The van der Waals surface area contributed by atoms with Gasteiger partial charge in [0.1, 0.15) is 11.4 Å². The number of carbonyl (C=O) groups excluding carboxylic acids is 2. The molecule has 4 rings (SSSR count). The van der Waals surface area contributed by atoms with Crippen molar-refractivity contribution in [3.8, 4) is 0 Å². The van der Waals surface area contributed by atoms with E-state index in [9.17, 15) is 9.59 Å². The number of aromatic nitrogens is 3. The van der Waals surface area contributed by atoms with E-state index in [0.29, 0.717) is 9.90 Å². The van der Waals surface area contributed by atoms with E-state index >= 15 is 0 Å². The highest BCUT2D eigenvalue weighted by Crippen LogP contribution is 2.34. The molecule has 0 saturated carbocycles. The first-order chi connectivity index (χ1) is 15.5. The van der Waals surface area contributed by atoms with Crippen LogP contribution in [0.4, 0.5) is 17.6 Å². The highest BCUT2D eigenvalue weighted by Gasteiger charge is 2.18. The van der Waals surface area contributed by atoms with Gasteiger partial charge in [-0.2, -0.15) is 15.0 Å². The molecule has 9 nitrogen and oxygen atoms in total. The zero-order valence-electron chi connectivity index (χ0n) is 16.5. The van der Waals surface area contributed by atoms with Crippen molar-refractivity contribution in [2.45, 2.75) is 6.61 Å². The summed E-state index contributed by atoms with van der Waals surface area (Å²) in [6, 6.07) is 16.7. The molecule has 2 heterocycles. The van der Waals surface area contributed by atoms with E-state index in [4.69, 9.17) is 22.1 Å². The maximum Gasteiger partial charge on any atom is 0.325 e. The van der Waals surface area contributed by atoms with Crippen LogP contribution >= 0.6 is 22.9 Å². The lowest BCUT2D eigenvalue weighted by Gasteiger charge is -2.08. The largest absolute Gasteiger partial charge is 0.456 e. The number of hydrogen-bond donors (Lipinski definition) is 3. The molecule has 2 aromatic heterocycles. The van der Waals surface area contributed by atoms with Crippen LogP contribution in [-0.2, 0) is 16.1 Å². The minimum atomic E-state index is -0.660. The van der Waals surface area contributed by atoms with E-state index in [2.05, 4.69) is 25.6 Å². The Morgan fingerprint density at radius 3 is 2.56 bits per heavy atom. The van der Waals surface area contributed by atoms with Crippen LogP contribution < -0.4 is 16.4 Å². The fraction of sp³-hybridized carbons (Fsp3) is 0.0952. The number of para-hydroxylation sites is 1. The zero-order valence-corrected chi connectivity index (χ0v) is 18.1. The number of nitrogens with zero attached hydrogens (tertiary/aromatic N) is 3. The van der Waals surface area contributed by atoms with Gasteiger partial charge in [-0.25, -0.2) is 0 Å². The molecular weight excluding hydrogens is 452 g/mol. The van der Waals surface area contributed by atoms with Crippen LogP contribution in [0.25, 0.3) is 10.1 Å². The van der Waals surface area contributed by atoms with Crippen molar-refractivity contribution in [1.29, 1.82) is 0 Å². The maximum absolute atomic E-state index is 12.4. The number of amides is 1. The molecule has 0 spiro atoms. The fourth-order valence-electron chi connectivity index (χ4n) is 2.80. The van der Waals surface area contributed by atoms with E-state index < -0.39 is 11.9 Å². The van der Waals surface area contributed by atoms with E-state index in [1.54, 1.807) is 0 Å². The number of esters is 1. The zero-order chi connectivity index (χ0) is 22.5. The molecule has 1 amide bonds. The summed E-state index contributed by atoms with van der Waals surface area (Å²) in [6.07, 6.45) is 0. The number of nitrogen functional groups attached to an aromatic ring is 1. The van der Waals surface area contributed by atoms with Gasteiger partial charge in [0.2, 0.25) is 11.9 Å². The lowest BCUT2D eigenvalue weighted by Crippen LogP contribution is -2.30. The third-order valence-corrected chi connectivity index (χ3v) is 5.90. The molecule has 0 unspecified atom stereocenters. The van der Waals surface area contributed by atoms with E-state index in [0.717, 1.165) is 15.8 Å². The van der Waals surface area contributed by atoms with Gasteiger partial charge in [0.05, 0.1) is 5.02 Å². The van der Waals surface area contributed by atoms with Crippen molar-refractivity contribution < 1.29 is 14.3 Å². The van der Waals surface area contributed by atoms with Crippen molar-refractivity contribution in [1.82, 2.24) is 20.3 Å². The molecule has 2 aromatic carbocycles. The summed E-state index contributed by atoms with van der Waals surface area (Å²) in [4.78, 5) is 37.0. The molecule has 0 saturated heterocycles. The molecule has 11 heteroatoms. The highest BCUT2D eigenvalue weighted by molar-refractivity contribution is 7.21. The second-order valence-electron chi connectivity index (χ2n) is 6.51. The van der Waals surface area contributed by atoms with Gasteiger partial charge in [0.25, 0.3) is 5.91 Å². The number of thiophene rings is 1. The molecule has 0 radical (unpaired) electrons. The summed E-state index contributed by atoms with van der Waals surface area (Å²) in [5.74, 6) is -0.734. The summed E-state index contributed by atoms with van der Waals surface area (Å²) in [6.45, 7) is -0.562. The van der Waals surface area contributed by atoms with Gasteiger partial charge in [-0.1, -0.05) is 48.0 Å². The molecule has 0 fully saturated rings. The first-order valence-electron chi connectivity index (χ1n) is 9.43. The number of benzene rings is 2. The lowest BCUT2D eigenvalue weighted by atomic mass is 10.2. The van der Waals surface area contributed by atoms with Crippen molar-refractivity contribution in [3.05, 3.63) is 70.3 Å². The fourth-order valence-corrected chi connectivity index (χ4v) is 4.23. The van der Waals surface area contributed by atoms with Crippen LogP contribution in [-0.4, -0.2) is 33.4 Å². The van der Waals surface area contributed by atoms with E-state index in [1.165, 1.54) is 11.3 Å². The molecule has 0 aliphatic heterocycles. The van der Waals surface area contributed by atoms with E-state index in [1.807, 2.05) is 54.6 Å². The van der Waals surface area contributed by atoms with Crippen molar-refractivity contribution in [2.75, 3.05) is 17.6 Å². The minimum absolute atomic E-state index is 0.0165. The molecule has 162 valence electrons. The summed E-state index contributed by atoms with van der Waals surface area (Å²) in [5.41, 5.74) is 6.48. The highest BCUT2D eigenvalue weighted by atomic mass is 35.5. The molecule has 0 aliphatic rings. The average Bonchev–Trinajstić information content (AvgIpc) is 3.13. The predicted octanol–water partition coefficient (Wildman–Crippen LogP) is 3.54. The van der Waals surface area contributed by atoms with Crippen molar-refractivity contribution >= 4 is 62.5 Å². The van der Waals surface area contributed by atoms with Gasteiger partial charge >= 0.3 is 5.97 Å². The van der Waals surface area contributed by atoms with Crippen LogP contribution in [0.15, 0.2) is 54.6 Å². The van der Waals surface area contributed by atoms with Crippen LogP contribution in [0.3, 0.4) is 0 Å². The number of nitrogens with two attached hydrogens (primary N) is 1. The van der Waals surface area contributed by atoms with Crippen LogP contribution in [0.2, 0.25) is 5.02 Å². The Bertz CT molecular complexity index is 1280. The number of carbonyl (C=O) groups is 2. The van der Waals surface area contributed by atoms with E-state index in [-0.39, 0.29) is 30.9 Å². The number of rotatable bonds is 7. The Kier molecular flexibility index (Phi) is 6.43. The van der Waals surface area contributed by atoms with Gasteiger partial charge in [-0.15, -0.1) is 11.3 Å². The quantitative estimate of drug-likeness (QED) is 0.351. The number of fused-ring (bicyclic) bond motifs is 1. The first kappa shape index (κ1) is 21.5. The minimum Gasteiger partial charge on any atom is -0.456 e. The Morgan fingerprint density at radius 1 is 1.03 bits per heavy atom. The molecule has 0 bridgehead atoms. The molecular formula is C21H17ClN6O3S. The molecule has 0 atom stereocenters. The third-order valence-electron chi connectivity index (χ3n) is 4.23. The summed E-state index contributed by atoms with van der Waals surface area (Å²) in [7, 11) is 0. The van der Waals surface area contributed by atoms with Crippen molar-refractivity contribution in [3.63, 3.8) is 0 Å². The number of hydrogen-bond acceptors (Lipinski definition) is 9. The molecule has 32 heavy (non-hydrogen) atoms. The van der Waals surface area contributed by atoms with Gasteiger partial charge in [-0.05, 0) is 18.2 Å². The Labute approximate surface area is 191 Å². The Balaban J connectivity index is 1.32. The Hall–Kier alpha value is -3.76. The van der Waals surface area contributed by atoms with Crippen LogP contribution in [0, 0.1) is 0 Å². The van der Waals surface area contributed by atoms with Gasteiger partial charge < -0.3 is 21.1 Å². The molecule has 4 aromatic rings. The standard InChI is InChI=1S/C21H17ClN6O3S/c22-17-13-8-4-5-9-14(13)32-18(17)19(30)24-10-16(29)31-11-15-26-20(23)28-21(27-15)25-12-6-2-1-3-7-12/h1-9H,10-11H2,(H,24,30)(H3,23,25,26,27,28). The van der Waals surface area contributed by atoms with Crippen LogP contribution in [0.1, 0.15) is 15.5 Å². The normalized spacial score (nSPS) is 10.7. The third kappa shape index (κ3) is 5.10. The second kappa shape index (κ2) is 9.58. The topological polar surface area (TPSA) is 132 Å². The number of anilines is 3. The van der Waals surface area contributed by atoms with Gasteiger partial charge in [0.15, 0.2) is 12.4 Å². The van der Waals surface area contributed by atoms with Gasteiger partial charge in [-0.3, -0.25) is 9.59 Å². The first-order valence-corrected chi connectivity index (χ1v) is 10.6. The number of nitrogens with one attached hydrogen (secondary N) is 2. The number of ether oxygens (including phenoxy) is 1. The maximum atomic E-state index is 12.4. The lowest BCUT2D eigenvalue weighted by molar-refractivity contribution is -0.143. The van der Waals surface area contributed by atoms with Gasteiger partial charge in [0, 0.05) is 15.8 Å². The SMILES string of the molecule is Nc1nc(COC(=O)CNC(=O)c2sc3ccccc3c2Cl)nc(Nc2ccccc2)n1. The predicted molar refractivity (Wildman–Crippen MR) is 123 cm³/mol. The van der Waals surface area contributed by atoms with Crippen molar-refractivity contribution in [2.24, 2.45) is 0 Å². The molecule has 4 N–H and O–H groups in total. The average molecular weight is 469 g/mol. The summed E-state index contributed by atoms with van der Waals surface area (Å²) >= 11 is 7.54. The molecule has 0 aliphatic carbocycles. The summed E-state index contributed by atoms with van der Waals surface area (Å²) in [5, 5.41) is 6.66. The Morgan fingerprint density at radius 2 is 1.78 bits per heavy atom. The smallest absolute Gasteiger partial charge is 0.325 e. The number of halogens is 1. The summed E-state index contributed by atoms with van der Waals surface area (Å²) < 4.78 is 6.03. The monoisotopic (exact) mass is 468 g/mol. The van der Waals surface area contributed by atoms with Crippen LogP contribution in [0.5, 0.6) is 0 Å². The second-order valence-corrected chi connectivity index (χ2v) is 7.94.